The summed E-state index contributed by atoms with van der Waals surface area (Å²) in [6.45, 7) is 1.53. The van der Waals surface area contributed by atoms with E-state index < -0.39 is 0 Å². The topological polar surface area (TPSA) is 59.4 Å². The zero-order valence-corrected chi connectivity index (χ0v) is 13.3. The van der Waals surface area contributed by atoms with Crippen molar-refractivity contribution in [2.24, 2.45) is 7.05 Å². The maximum Gasteiger partial charge on any atom is 0.321 e. The lowest BCUT2D eigenvalue weighted by Crippen LogP contribution is -2.43. The second-order valence-electron chi connectivity index (χ2n) is 6.42. The lowest BCUT2D eigenvalue weighted by Gasteiger charge is -2.34. The van der Waals surface area contributed by atoms with Crippen molar-refractivity contribution in [3.05, 3.63) is 12.4 Å². The molecule has 1 saturated heterocycles. The number of ether oxygens (including phenoxy) is 1. The van der Waals surface area contributed by atoms with E-state index in [0.29, 0.717) is 12.2 Å². The Morgan fingerprint density at radius 2 is 1.86 bits per heavy atom. The van der Waals surface area contributed by atoms with Crippen LogP contribution in [0, 0.1) is 0 Å². The van der Waals surface area contributed by atoms with E-state index in [-0.39, 0.29) is 6.03 Å². The third kappa shape index (κ3) is 4.00. The van der Waals surface area contributed by atoms with Crippen LogP contribution in [0.15, 0.2) is 12.4 Å². The van der Waals surface area contributed by atoms with Gasteiger partial charge in [-0.15, -0.1) is 0 Å². The van der Waals surface area contributed by atoms with E-state index in [2.05, 4.69) is 10.4 Å². The number of nitrogens with zero attached hydrogens (tertiary/aromatic N) is 3. The van der Waals surface area contributed by atoms with Crippen LogP contribution < -0.4 is 5.32 Å². The lowest BCUT2D eigenvalue weighted by molar-refractivity contribution is -0.0510. The smallest absolute Gasteiger partial charge is 0.321 e. The normalized spacial score (nSPS) is 21.0. The zero-order valence-electron chi connectivity index (χ0n) is 13.3. The molecule has 2 heterocycles. The first-order valence-corrected chi connectivity index (χ1v) is 8.41. The highest BCUT2D eigenvalue weighted by atomic mass is 16.5. The van der Waals surface area contributed by atoms with Gasteiger partial charge in [0, 0.05) is 26.3 Å². The Bertz CT molecular complexity index is 488. The highest BCUT2D eigenvalue weighted by Crippen LogP contribution is 2.24. The molecule has 1 aliphatic carbocycles. The van der Waals surface area contributed by atoms with Gasteiger partial charge in [-0.1, -0.05) is 19.3 Å². The average molecular weight is 306 g/mol. The molecular weight excluding hydrogens is 280 g/mol. The number of aryl methyl sites for hydroxylation is 1. The molecule has 2 fully saturated rings. The van der Waals surface area contributed by atoms with Crippen molar-refractivity contribution in [1.29, 1.82) is 0 Å². The molecule has 2 aliphatic rings. The second kappa shape index (κ2) is 7.13. The van der Waals surface area contributed by atoms with Gasteiger partial charge in [-0.2, -0.15) is 5.10 Å². The van der Waals surface area contributed by atoms with Gasteiger partial charge < -0.3 is 15.0 Å². The maximum atomic E-state index is 12.2. The number of aromatic nitrogens is 2. The molecule has 6 nitrogen and oxygen atoms in total. The average Bonchev–Trinajstić information content (AvgIpc) is 2.94. The van der Waals surface area contributed by atoms with Crippen LogP contribution in [0.3, 0.4) is 0 Å². The second-order valence-corrected chi connectivity index (χ2v) is 6.42. The summed E-state index contributed by atoms with van der Waals surface area (Å²) in [5.74, 6) is 0. The number of hydrogen-bond acceptors (Lipinski definition) is 3. The number of carbonyl (C=O) groups is 1. The lowest BCUT2D eigenvalue weighted by atomic mass is 9.97. The molecule has 122 valence electrons. The van der Waals surface area contributed by atoms with Crippen molar-refractivity contribution >= 4 is 11.7 Å². The van der Waals surface area contributed by atoms with Gasteiger partial charge in [-0.05, 0) is 25.7 Å². The Kier molecular flexibility index (Phi) is 4.97. The zero-order chi connectivity index (χ0) is 15.4. The first-order valence-electron chi connectivity index (χ1n) is 8.41. The van der Waals surface area contributed by atoms with Gasteiger partial charge in [0.15, 0.2) is 0 Å². The van der Waals surface area contributed by atoms with Gasteiger partial charge in [0.05, 0.1) is 24.1 Å². The van der Waals surface area contributed by atoms with Crippen LogP contribution in [0.25, 0.3) is 0 Å². The summed E-state index contributed by atoms with van der Waals surface area (Å²) < 4.78 is 7.89. The Balaban J connectivity index is 1.41. The SMILES string of the molecule is Cn1cc(NC(=O)N2CCC(OC3CCCCC3)CC2)cn1. The maximum absolute atomic E-state index is 12.2. The summed E-state index contributed by atoms with van der Waals surface area (Å²) in [4.78, 5) is 14.1. The van der Waals surface area contributed by atoms with E-state index in [4.69, 9.17) is 4.74 Å². The van der Waals surface area contributed by atoms with E-state index in [1.165, 1.54) is 32.1 Å². The minimum Gasteiger partial charge on any atom is -0.375 e. The van der Waals surface area contributed by atoms with E-state index in [1.54, 1.807) is 17.1 Å². The highest BCUT2D eigenvalue weighted by Gasteiger charge is 2.26. The summed E-state index contributed by atoms with van der Waals surface area (Å²) in [5.41, 5.74) is 0.744. The third-order valence-corrected chi connectivity index (χ3v) is 4.62. The summed E-state index contributed by atoms with van der Waals surface area (Å²) in [5, 5.41) is 6.95. The Hall–Kier alpha value is -1.56. The molecule has 0 radical (unpaired) electrons. The fraction of sp³-hybridized carbons (Fsp3) is 0.750. The first-order chi connectivity index (χ1) is 10.7. The molecule has 1 aromatic rings. The molecule has 22 heavy (non-hydrogen) atoms. The first kappa shape index (κ1) is 15.3. The molecule has 0 bridgehead atoms. The number of nitrogens with one attached hydrogen (secondary N) is 1. The van der Waals surface area contributed by atoms with Gasteiger partial charge in [0.1, 0.15) is 0 Å². The van der Waals surface area contributed by atoms with Gasteiger partial charge in [0.2, 0.25) is 0 Å². The largest absolute Gasteiger partial charge is 0.375 e. The molecule has 1 aromatic heterocycles. The minimum absolute atomic E-state index is 0.0379. The predicted molar refractivity (Wildman–Crippen MR) is 84.8 cm³/mol. The van der Waals surface area contributed by atoms with Crippen LogP contribution in [0.1, 0.15) is 44.9 Å². The van der Waals surface area contributed by atoms with Crippen molar-refractivity contribution in [2.45, 2.75) is 57.2 Å². The summed E-state index contributed by atoms with van der Waals surface area (Å²) in [6.07, 6.45) is 12.5. The number of amides is 2. The summed E-state index contributed by atoms with van der Waals surface area (Å²) in [6, 6.07) is -0.0379. The predicted octanol–water partition coefficient (Wildman–Crippen LogP) is 2.77. The minimum atomic E-state index is -0.0379. The quantitative estimate of drug-likeness (QED) is 0.934. The molecule has 1 N–H and O–H groups in total. The molecular formula is C16H26N4O2. The number of rotatable bonds is 3. The monoisotopic (exact) mass is 306 g/mol. The standard InChI is InChI=1S/C16H26N4O2/c1-19-12-13(11-17-19)18-16(21)20-9-7-15(8-10-20)22-14-5-3-2-4-6-14/h11-12,14-15H,2-10H2,1H3,(H,18,21). The molecule has 0 atom stereocenters. The van der Waals surface area contributed by atoms with Crippen LogP contribution in [0.2, 0.25) is 0 Å². The number of urea groups is 1. The molecule has 1 saturated carbocycles. The Morgan fingerprint density at radius 1 is 1.18 bits per heavy atom. The van der Waals surface area contributed by atoms with Gasteiger partial charge in [0.25, 0.3) is 0 Å². The van der Waals surface area contributed by atoms with Gasteiger partial charge in [-0.25, -0.2) is 4.79 Å². The Labute approximate surface area is 131 Å². The highest BCUT2D eigenvalue weighted by molar-refractivity contribution is 5.89. The molecule has 0 spiro atoms. The van der Waals surface area contributed by atoms with Crippen molar-refractivity contribution in [2.75, 3.05) is 18.4 Å². The molecule has 0 aromatic carbocycles. The van der Waals surface area contributed by atoms with Crippen LogP contribution in [-0.4, -0.2) is 46.0 Å². The van der Waals surface area contributed by atoms with Crippen molar-refractivity contribution in [3.8, 4) is 0 Å². The Morgan fingerprint density at radius 3 is 2.50 bits per heavy atom. The molecule has 1 aliphatic heterocycles. The van der Waals surface area contributed by atoms with Crippen molar-refractivity contribution in [1.82, 2.24) is 14.7 Å². The number of piperidine rings is 1. The summed E-state index contributed by atoms with van der Waals surface area (Å²) in [7, 11) is 1.84. The van der Waals surface area contributed by atoms with E-state index in [9.17, 15) is 4.79 Å². The van der Waals surface area contributed by atoms with Crippen LogP contribution in [0.5, 0.6) is 0 Å². The number of likely N-dealkylation sites (tertiary alicyclic amines) is 1. The molecule has 6 heteroatoms. The van der Waals surface area contributed by atoms with Crippen LogP contribution in [0.4, 0.5) is 10.5 Å². The molecule has 3 rings (SSSR count). The fourth-order valence-electron chi connectivity index (χ4n) is 3.36. The van der Waals surface area contributed by atoms with E-state index >= 15 is 0 Å². The van der Waals surface area contributed by atoms with E-state index in [1.807, 2.05) is 11.9 Å². The van der Waals surface area contributed by atoms with Crippen molar-refractivity contribution < 1.29 is 9.53 Å². The van der Waals surface area contributed by atoms with Crippen molar-refractivity contribution in [3.63, 3.8) is 0 Å². The number of hydrogen-bond donors (Lipinski definition) is 1. The molecule has 2 amide bonds. The van der Waals surface area contributed by atoms with Gasteiger partial charge in [-0.3, -0.25) is 4.68 Å². The van der Waals surface area contributed by atoms with Crippen LogP contribution >= 0.6 is 0 Å². The third-order valence-electron chi connectivity index (χ3n) is 4.62. The summed E-state index contributed by atoms with van der Waals surface area (Å²) >= 11 is 0. The molecule has 0 unspecified atom stereocenters. The van der Waals surface area contributed by atoms with Gasteiger partial charge >= 0.3 is 6.03 Å². The van der Waals surface area contributed by atoms with Crippen LogP contribution in [-0.2, 0) is 11.8 Å². The fourth-order valence-corrected chi connectivity index (χ4v) is 3.36. The number of anilines is 1. The van der Waals surface area contributed by atoms with E-state index in [0.717, 1.165) is 31.6 Å². The number of carbonyl (C=O) groups excluding carboxylic acids is 1.